The molecule has 0 saturated carbocycles. The zero-order chi connectivity index (χ0) is 16.1. The van der Waals surface area contributed by atoms with E-state index in [9.17, 15) is 4.79 Å². The van der Waals surface area contributed by atoms with Crippen LogP contribution in [0.3, 0.4) is 0 Å². The minimum atomic E-state index is -0.122. The molecule has 3 rings (SSSR count). The van der Waals surface area contributed by atoms with Gasteiger partial charge < -0.3 is 5.32 Å². The van der Waals surface area contributed by atoms with E-state index >= 15 is 0 Å². The molecule has 2 heterocycles. The molecule has 0 aliphatic heterocycles. The van der Waals surface area contributed by atoms with E-state index in [1.54, 1.807) is 17.5 Å². The van der Waals surface area contributed by atoms with Crippen LogP contribution in [0, 0.1) is 6.92 Å². The Labute approximate surface area is 139 Å². The van der Waals surface area contributed by atoms with E-state index in [4.69, 9.17) is 0 Å². The maximum Gasteiger partial charge on any atom is 0.226 e. The summed E-state index contributed by atoms with van der Waals surface area (Å²) in [7, 11) is 0. The lowest BCUT2D eigenvalue weighted by atomic mass is 10.1. The van der Waals surface area contributed by atoms with E-state index < -0.39 is 0 Å². The number of carbonyl (C=O) groups excluding carboxylic acids is 1. The first-order valence-electron chi connectivity index (χ1n) is 7.43. The minimum absolute atomic E-state index is 0.0312. The number of aryl methyl sites for hydroxylation is 1. The Morgan fingerprint density at radius 3 is 2.78 bits per heavy atom. The minimum Gasteiger partial charge on any atom is -0.347 e. The highest BCUT2D eigenvalue weighted by Crippen LogP contribution is 2.15. The molecule has 0 saturated heterocycles. The van der Waals surface area contributed by atoms with Gasteiger partial charge in [0.05, 0.1) is 29.7 Å². The predicted molar refractivity (Wildman–Crippen MR) is 90.1 cm³/mol. The lowest BCUT2D eigenvalue weighted by molar-refractivity contribution is -0.121. The first-order chi connectivity index (χ1) is 11.2. The maximum absolute atomic E-state index is 12.4. The number of hydrogen-bond acceptors (Lipinski definition) is 4. The number of carbonyl (C=O) groups is 1. The lowest BCUT2D eigenvalue weighted by Gasteiger charge is -2.19. The lowest BCUT2D eigenvalue weighted by Crippen LogP contribution is -2.32. The van der Waals surface area contributed by atoms with Crippen LogP contribution in [0.15, 0.2) is 54.2 Å². The Morgan fingerprint density at radius 1 is 1.30 bits per heavy atom. The zero-order valence-electron chi connectivity index (χ0n) is 12.8. The first kappa shape index (κ1) is 15.4. The van der Waals surface area contributed by atoms with Crippen molar-refractivity contribution < 1.29 is 4.79 Å². The number of benzene rings is 1. The summed E-state index contributed by atoms with van der Waals surface area (Å²) < 4.78 is 1.82. The number of amides is 1. The molecule has 0 aliphatic carbocycles. The van der Waals surface area contributed by atoms with Gasteiger partial charge in [-0.15, -0.1) is 11.3 Å². The van der Waals surface area contributed by atoms with Crippen molar-refractivity contribution in [3.8, 4) is 0 Å². The van der Waals surface area contributed by atoms with Crippen LogP contribution in [-0.4, -0.2) is 20.7 Å². The van der Waals surface area contributed by atoms with Gasteiger partial charge in [0.15, 0.2) is 0 Å². The fourth-order valence-electron chi connectivity index (χ4n) is 2.41. The summed E-state index contributed by atoms with van der Waals surface area (Å²) in [5, 5.41) is 10.2. The number of thiazole rings is 1. The van der Waals surface area contributed by atoms with Gasteiger partial charge in [-0.2, -0.15) is 5.10 Å². The fraction of sp³-hybridized carbons (Fsp3) is 0.235. The van der Waals surface area contributed by atoms with Crippen molar-refractivity contribution in [3.05, 3.63) is 70.4 Å². The van der Waals surface area contributed by atoms with Gasteiger partial charge in [0.2, 0.25) is 5.91 Å². The van der Waals surface area contributed by atoms with Crippen molar-refractivity contribution in [2.24, 2.45) is 0 Å². The normalized spacial score (nSPS) is 12.0. The van der Waals surface area contributed by atoms with Crippen LogP contribution in [0.25, 0.3) is 0 Å². The number of nitrogens with one attached hydrogen (secondary N) is 1. The summed E-state index contributed by atoms with van der Waals surface area (Å²) in [4.78, 5) is 16.7. The van der Waals surface area contributed by atoms with Crippen LogP contribution in [0.4, 0.5) is 0 Å². The summed E-state index contributed by atoms with van der Waals surface area (Å²) in [6.07, 6.45) is 3.93. The summed E-state index contributed by atoms with van der Waals surface area (Å²) in [6.45, 7) is 2.54. The largest absolute Gasteiger partial charge is 0.347 e. The number of nitrogens with zero attached hydrogens (tertiary/aromatic N) is 3. The molecular weight excluding hydrogens is 308 g/mol. The molecule has 0 spiro atoms. The average Bonchev–Trinajstić information content (AvgIpc) is 3.19. The van der Waals surface area contributed by atoms with Gasteiger partial charge >= 0.3 is 0 Å². The monoisotopic (exact) mass is 326 g/mol. The standard InChI is InChI=1S/C17H18N4OS/c1-13-19-15(12-23-13)10-17(22)20-16(11-21-9-5-8-18-21)14-6-3-2-4-7-14/h2-9,12,16H,10-11H2,1H3,(H,20,22). The van der Waals surface area contributed by atoms with Crippen molar-refractivity contribution in [3.63, 3.8) is 0 Å². The molecule has 23 heavy (non-hydrogen) atoms. The third-order valence-electron chi connectivity index (χ3n) is 3.47. The molecule has 1 aromatic carbocycles. The van der Waals surface area contributed by atoms with Crippen LogP contribution in [0.5, 0.6) is 0 Å². The molecule has 1 N–H and O–H groups in total. The van der Waals surface area contributed by atoms with E-state index in [1.165, 1.54) is 0 Å². The topological polar surface area (TPSA) is 59.8 Å². The van der Waals surface area contributed by atoms with Gasteiger partial charge in [0.1, 0.15) is 0 Å². The van der Waals surface area contributed by atoms with E-state index in [1.807, 2.05) is 59.6 Å². The van der Waals surface area contributed by atoms with Gasteiger partial charge in [-0.25, -0.2) is 4.98 Å². The quantitative estimate of drug-likeness (QED) is 0.758. The van der Waals surface area contributed by atoms with Crippen LogP contribution >= 0.6 is 11.3 Å². The van der Waals surface area contributed by atoms with Crippen LogP contribution < -0.4 is 5.32 Å². The average molecular weight is 326 g/mol. The van der Waals surface area contributed by atoms with E-state index in [0.29, 0.717) is 13.0 Å². The van der Waals surface area contributed by atoms with Gasteiger partial charge in [0, 0.05) is 17.8 Å². The Hall–Kier alpha value is -2.47. The third kappa shape index (κ3) is 4.26. The zero-order valence-corrected chi connectivity index (χ0v) is 13.7. The summed E-state index contributed by atoms with van der Waals surface area (Å²) in [5.74, 6) is -0.0312. The Balaban J connectivity index is 1.71. The number of rotatable bonds is 6. The highest BCUT2D eigenvalue weighted by atomic mass is 32.1. The number of hydrogen-bond donors (Lipinski definition) is 1. The molecule has 1 unspecified atom stereocenters. The Morgan fingerprint density at radius 2 is 2.13 bits per heavy atom. The van der Waals surface area contributed by atoms with E-state index in [-0.39, 0.29) is 11.9 Å². The summed E-state index contributed by atoms with van der Waals surface area (Å²) in [5.41, 5.74) is 1.88. The van der Waals surface area contributed by atoms with Crippen molar-refractivity contribution in [1.29, 1.82) is 0 Å². The molecule has 1 atom stereocenters. The maximum atomic E-state index is 12.4. The van der Waals surface area contributed by atoms with E-state index in [0.717, 1.165) is 16.3 Å². The highest BCUT2D eigenvalue weighted by molar-refractivity contribution is 7.09. The van der Waals surface area contributed by atoms with E-state index in [2.05, 4.69) is 15.4 Å². The van der Waals surface area contributed by atoms with Crippen molar-refractivity contribution in [2.45, 2.75) is 25.9 Å². The fourth-order valence-corrected chi connectivity index (χ4v) is 3.03. The highest BCUT2D eigenvalue weighted by Gasteiger charge is 2.16. The second kappa shape index (κ2) is 7.19. The van der Waals surface area contributed by atoms with Crippen LogP contribution in [0.1, 0.15) is 22.3 Å². The molecule has 2 aromatic heterocycles. The Bertz CT molecular complexity index is 752. The molecule has 0 aliphatic rings. The summed E-state index contributed by atoms with van der Waals surface area (Å²) >= 11 is 1.56. The molecule has 5 nitrogen and oxygen atoms in total. The van der Waals surface area contributed by atoms with Gasteiger partial charge in [0.25, 0.3) is 0 Å². The second-order valence-electron chi connectivity index (χ2n) is 5.29. The first-order valence-corrected chi connectivity index (χ1v) is 8.31. The molecule has 118 valence electrons. The number of aromatic nitrogens is 3. The predicted octanol–water partition coefficient (Wildman–Crippen LogP) is 2.75. The third-order valence-corrected chi connectivity index (χ3v) is 4.30. The van der Waals surface area contributed by atoms with Crippen molar-refractivity contribution >= 4 is 17.2 Å². The van der Waals surface area contributed by atoms with Crippen LogP contribution in [-0.2, 0) is 17.8 Å². The van der Waals surface area contributed by atoms with Crippen molar-refractivity contribution in [2.75, 3.05) is 0 Å². The van der Waals surface area contributed by atoms with Crippen LogP contribution in [0.2, 0.25) is 0 Å². The summed E-state index contributed by atoms with van der Waals surface area (Å²) in [6, 6.07) is 11.7. The molecule has 0 fully saturated rings. The van der Waals surface area contributed by atoms with Gasteiger partial charge in [-0.1, -0.05) is 30.3 Å². The molecular formula is C17H18N4OS. The molecule has 0 bridgehead atoms. The second-order valence-corrected chi connectivity index (χ2v) is 6.36. The van der Waals surface area contributed by atoms with Gasteiger partial charge in [-0.3, -0.25) is 9.48 Å². The van der Waals surface area contributed by atoms with Gasteiger partial charge in [-0.05, 0) is 18.6 Å². The smallest absolute Gasteiger partial charge is 0.226 e. The molecule has 1 amide bonds. The molecule has 0 radical (unpaired) electrons. The Kier molecular flexibility index (Phi) is 4.83. The molecule has 6 heteroatoms. The SMILES string of the molecule is Cc1nc(CC(=O)NC(Cn2cccn2)c2ccccc2)cs1. The van der Waals surface area contributed by atoms with Crippen molar-refractivity contribution in [1.82, 2.24) is 20.1 Å². The molecule has 3 aromatic rings.